The van der Waals surface area contributed by atoms with Gasteiger partial charge in [0.05, 0.1) is 17.9 Å². The van der Waals surface area contributed by atoms with E-state index >= 15 is 0 Å². The second-order valence-electron chi connectivity index (χ2n) is 8.22. The highest BCUT2D eigenvalue weighted by atomic mass is 32.2. The van der Waals surface area contributed by atoms with Crippen LogP contribution in [0.25, 0.3) is 11.4 Å². The van der Waals surface area contributed by atoms with E-state index in [9.17, 15) is 12.8 Å². The predicted octanol–water partition coefficient (Wildman–Crippen LogP) is 4.53. The zero-order chi connectivity index (χ0) is 23.0. The molecule has 0 atom stereocenters. The highest BCUT2D eigenvalue weighted by Crippen LogP contribution is 2.31. The van der Waals surface area contributed by atoms with Crippen molar-refractivity contribution in [3.05, 3.63) is 60.2 Å². The molecule has 0 bridgehead atoms. The summed E-state index contributed by atoms with van der Waals surface area (Å²) >= 11 is 0. The molecule has 174 valence electrons. The van der Waals surface area contributed by atoms with Crippen molar-refractivity contribution in [2.75, 3.05) is 17.7 Å². The van der Waals surface area contributed by atoms with Crippen molar-refractivity contribution < 1.29 is 17.5 Å². The number of benzene rings is 2. The van der Waals surface area contributed by atoms with E-state index in [0.29, 0.717) is 42.0 Å². The second kappa shape index (κ2) is 11.2. The summed E-state index contributed by atoms with van der Waals surface area (Å²) in [5.74, 6) is 1.34. The summed E-state index contributed by atoms with van der Waals surface area (Å²) in [5.41, 5.74) is 2.23. The Kier molecular flexibility index (Phi) is 7.83. The Labute approximate surface area is 194 Å². The van der Waals surface area contributed by atoms with Crippen LogP contribution in [-0.2, 0) is 17.1 Å². The average Bonchev–Trinajstić information content (AvgIpc) is 2.82. The average molecular weight is 471 g/mol. The number of aryl methyl sites for hydroxylation is 1. The van der Waals surface area contributed by atoms with E-state index < -0.39 is 10.7 Å². The van der Waals surface area contributed by atoms with E-state index in [-0.39, 0.29) is 11.6 Å². The lowest BCUT2D eigenvalue weighted by atomic mass is 9.90. The molecule has 9 heteroatoms. The molecule has 3 aromatic rings. The number of nitrogens with zero attached hydrogens (tertiary/aromatic N) is 3. The summed E-state index contributed by atoms with van der Waals surface area (Å²) in [6.45, 7) is 0.550. The molecule has 0 aliphatic heterocycles. The number of aromatic nitrogens is 3. The zero-order valence-corrected chi connectivity index (χ0v) is 19.1. The predicted molar refractivity (Wildman–Crippen MR) is 126 cm³/mol. The van der Waals surface area contributed by atoms with Gasteiger partial charge >= 0.3 is 0 Å². The molecule has 1 aromatic heterocycles. The van der Waals surface area contributed by atoms with Gasteiger partial charge in [-0.2, -0.15) is 4.98 Å². The topological polar surface area (TPSA) is 94.1 Å². The Balaban J connectivity index is 1.51. The molecule has 7 nitrogen and oxygen atoms in total. The largest absolute Gasteiger partial charge is 0.492 e. The number of halogens is 1. The quantitative estimate of drug-likeness (QED) is 0.444. The van der Waals surface area contributed by atoms with Crippen molar-refractivity contribution in [2.24, 2.45) is 5.92 Å². The Hall–Kier alpha value is -3.07. The Morgan fingerprint density at radius 1 is 1.06 bits per heavy atom. The van der Waals surface area contributed by atoms with Crippen LogP contribution in [0.4, 0.5) is 16.0 Å². The van der Waals surface area contributed by atoms with Crippen molar-refractivity contribution in [1.29, 1.82) is 0 Å². The molecule has 0 amide bonds. The molecule has 1 aliphatic rings. The van der Waals surface area contributed by atoms with Gasteiger partial charge in [0.15, 0.2) is 5.82 Å². The fourth-order valence-electron chi connectivity index (χ4n) is 4.00. The minimum Gasteiger partial charge on any atom is -0.492 e. The number of hydrogen-bond donors (Lipinski definition) is 2. The van der Waals surface area contributed by atoms with Gasteiger partial charge in [0, 0.05) is 11.8 Å². The number of anilines is 2. The van der Waals surface area contributed by atoms with Crippen LogP contribution in [0.5, 0.6) is 5.75 Å². The van der Waals surface area contributed by atoms with Gasteiger partial charge in [-0.25, -0.2) is 22.8 Å². The summed E-state index contributed by atoms with van der Waals surface area (Å²) in [4.78, 5) is 13.0. The van der Waals surface area contributed by atoms with Gasteiger partial charge in [0.2, 0.25) is 5.95 Å². The number of rotatable bonds is 9. The Morgan fingerprint density at radius 3 is 2.73 bits per heavy atom. The summed E-state index contributed by atoms with van der Waals surface area (Å²) in [7, 11) is -2.42. The van der Waals surface area contributed by atoms with Crippen molar-refractivity contribution in [3.63, 3.8) is 0 Å². The van der Waals surface area contributed by atoms with E-state index in [1.807, 2.05) is 24.3 Å². The molecule has 0 radical (unpaired) electrons. The SMILES string of the molecule is O=[SH](=O)CCc1cccc(Nc2ncnc(-c3ccc(F)cc3OCC3CCCCC3)n2)c1. The van der Waals surface area contributed by atoms with Crippen LogP contribution in [0.2, 0.25) is 0 Å². The molecule has 1 heterocycles. The van der Waals surface area contributed by atoms with E-state index in [0.717, 1.165) is 24.1 Å². The van der Waals surface area contributed by atoms with Crippen LogP contribution in [0.1, 0.15) is 37.7 Å². The van der Waals surface area contributed by atoms with Gasteiger partial charge < -0.3 is 10.1 Å². The van der Waals surface area contributed by atoms with Gasteiger partial charge in [-0.15, -0.1) is 0 Å². The first-order valence-corrected chi connectivity index (χ1v) is 12.5. The van der Waals surface area contributed by atoms with Crippen molar-refractivity contribution in [1.82, 2.24) is 15.0 Å². The maximum Gasteiger partial charge on any atom is 0.230 e. The smallest absolute Gasteiger partial charge is 0.230 e. The van der Waals surface area contributed by atoms with Crippen molar-refractivity contribution in [2.45, 2.75) is 38.5 Å². The Bertz CT molecular complexity index is 1160. The van der Waals surface area contributed by atoms with E-state index in [4.69, 9.17) is 4.74 Å². The van der Waals surface area contributed by atoms with Gasteiger partial charge in [0.25, 0.3) is 0 Å². The van der Waals surface area contributed by atoms with E-state index in [2.05, 4.69) is 20.3 Å². The molecule has 2 aromatic carbocycles. The van der Waals surface area contributed by atoms with Crippen molar-refractivity contribution in [3.8, 4) is 17.1 Å². The molecular formula is C24H27FN4O3S. The highest BCUT2D eigenvalue weighted by Gasteiger charge is 2.17. The van der Waals surface area contributed by atoms with Crippen LogP contribution in [0.3, 0.4) is 0 Å². The molecule has 1 saturated carbocycles. The summed E-state index contributed by atoms with van der Waals surface area (Å²) < 4.78 is 41.7. The monoisotopic (exact) mass is 470 g/mol. The fourth-order valence-corrected chi connectivity index (χ4v) is 4.44. The third-order valence-corrected chi connectivity index (χ3v) is 6.31. The standard InChI is InChI=1S/C24H27FN4O3S/c25-19-9-10-21(22(14-19)32-15-18-5-2-1-3-6-18)23-26-16-27-24(29-23)28-20-8-4-7-17(13-20)11-12-33(30)31/h4,7-10,13-14,16,18,33H,1-3,5-6,11-12,15H2,(H,26,27,28,29). The summed E-state index contributed by atoms with van der Waals surface area (Å²) in [5, 5.41) is 3.13. The lowest BCUT2D eigenvalue weighted by Crippen LogP contribution is -2.15. The maximum absolute atomic E-state index is 14.0. The van der Waals surface area contributed by atoms with Gasteiger partial charge in [-0.3, -0.25) is 0 Å². The molecule has 1 fully saturated rings. The van der Waals surface area contributed by atoms with Crippen LogP contribution >= 0.6 is 0 Å². The molecule has 4 rings (SSSR count). The maximum atomic E-state index is 14.0. The lowest BCUT2D eigenvalue weighted by molar-refractivity contribution is 0.209. The number of ether oxygens (including phenoxy) is 1. The molecular weight excluding hydrogens is 443 g/mol. The lowest BCUT2D eigenvalue weighted by Gasteiger charge is -2.22. The Morgan fingerprint density at radius 2 is 1.91 bits per heavy atom. The summed E-state index contributed by atoms with van der Waals surface area (Å²) in [6.07, 6.45) is 7.79. The first kappa shape index (κ1) is 23.1. The molecule has 33 heavy (non-hydrogen) atoms. The van der Waals surface area contributed by atoms with Crippen LogP contribution in [0.15, 0.2) is 48.8 Å². The molecule has 1 N–H and O–H groups in total. The fraction of sp³-hybridized carbons (Fsp3) is 0.375. The van der Waals surface area contributed by atoms with Crippen LogP contribution in [-0.4, -0.2) is 35.7 Å². The van der Waals surface area contributed by atoms with Gasteiger partial charge in [0.1, 0.15) is 28.6 Å². The third-order valence-electron chi connectivity index (χ3n) is 5.72. The van der Waals surface area contributed by atoms with Crippen LogP contribution in [0, 0.1) is 11.7 Å². The molecule has 1 aliphatic carbocycles. The van der Waals surface area contributed by atoms with E-state index in [1.165, 1.54) is 37.7 Å². The first-order chi connectivity index (χ1) is 16.1. The zero-order valence-electron chi connectivity index (χ0n) is 18.2. The number of thiol groups is 1. The second-order valence-corrected chi connectivity index (χ2v) is 9.33. The number of hydrogen-bond acceptors (Lipinski definition) is 7. The van der Waals surface area contributed by atoms with Gasteiger partial charge in [-0.05, 0) is 55.0 Å². The molecule has 0 unspecified atom stereocenters. The minimum atomic E-state index is -2.42. The minimum absolute atomic E-state index is 0.100. The van der Waals surface area contributed by atoms with Crippen LogP contribution < -0.4 is 10.1 Å². The van der Waals surface area contributed by atoms with E-state index in [1.54, 1.807) is 6.07 Å². The molecule has 0 spiro atoms. The normalized spacial score (nSPS) is 14.4. The molecule has 0 saturated heterocycles. The van der Waals surface area contributed by atoms with Gasteiger partial charge in [-0.1, -0.05) is 31.4 Å². The highest BCUT2D eigenvalue weighted by molar-refractivity contribution is 7.72. The summed E-state index contributed by atoms with van der Waals surface area (Å²) in [6, 6.07) is 11.8. The third kappa shape index (κ3) is 6.71. The number of nitrogens with one attached hydrogen (secondary N) is 1. The van der Waals surface area contributed by atoms with Crippen molar-refractivity contribution >= 4 is 22.3 Å². The first-order valence-electron chi connectivity index (χ1n) is 11.2.